The Kier molecular flexibility index (Phi) is 4.42. The second-order valence-electron chi connectivity index (χ2n) is 3.91. The fourth-order valence-electron chi connectivity index (χ4n) is 1.52. The summed E-state index contributed by atoms with van der Waals surface area (Å²) in [6.45, 7) is 0. The predicted molar refractivity (Wildman–Crippen MR) is 80.3 cm³/mol. The van der Waals surface area contributed by atoms with Crippen LogP contribution in [0.3, 0.4) is 0 Å². The minimum Gasteiger partial charge on any atom is -0.497 e. The van der Waals surface area contributed by atoms with E-state index in [9.17, 15) is 8.42 Å². The number of hydrogen-bond donors (Lipinski definition) is 1. The van der Waals surface area contributed by atoms with Gasteiger partial charge in [-0.2, -0.15) is 0 Å². The Morgan fingerprint density at radius 2 is 1.70 bits per heavy atom. The van der Waals surface area contributed by atoms with Gasteiger partial charge < -0.3 is 4.74 Å². The van der Waals surface area contributed by atoms with Gasteiger partial charge in [0.25, 0.3) is 10.0 Å². The van der Waals surface area contributed by atoms with Crippen LogP contribution in [0, 0.1) is 0 Å². The molecule has 0 aliphatic carbocycles. The highest BCUT2D eigenvalue weighted by molar-refractivity contribution is 7.92. The Balaban J connectivity index is 2.31. The van der Waals surface area contributed by atoms with Crippen LogP contribution < -0.4 is 9.46 Å². The molecule has 106 valence electrons. The maximum Gasteiger partial charge on any atom is 0.261 e. The average molecular weight is 332 g/mol. The summed E-state index contributed by atoms with van der Waals surface area (Å²) in [7, 11) is -2.20. The first-order valence-electron chi connectivity index (χ1n) is 5.54. The maximum absolute atomic E-state index is 12.2. The van der Waals surface area contributed by atoms with Gasteiger partial charge in [-0.1, -0.05) is 23.2 Å². The molecule has 4 nitrogen and oxygen atoms in total. The number of nitrogens with one attached hydrogen (secondary N) is 1. The van der Waals surface area contributed by atoms with E-state index >= 15 is 0 Å². The van der Waals surface area contributed by atoms with Crippen molar-refractivity contribution >= 4 is 38.9 Å². The third-order valence-electron chi connectivity index (χ3n) is 2.54. The summed E-state index contributed by atoms with van der Waals surface area (Å²) in [6, 6.07) is 10.5. The Morgan fingerprint density at radius 1 is 1.05 bits per heavy atom. The third kappa shape index (κ3) is 3.36. The smallest absolute Gasteiger partial charge is 0.261 e. The van der Waals surface area contributed by atoms with Crippen LogP contribution in [0.25, 0.3) is 0 Å². The lowest BCUT2D eigenvalue weighted by molar-refractivity contribution is 0.415. The van der Waals surface area contributed by atoms with Crippen LogP contribution in [0.15, 0.2) is 47.4 Å². The summed E-state index contributed by atoms with van der Waals surface area (Å²) in [4.78, 5) is 0.105. The van der Waals surface area contributed by atoms with Crippen molar-refractivity contribution in [2.24, 2.45) is 0 Å². The molecule has 20 heavy (non-hydrogen) atoms. The summed E-state index contributed by atoms with van der Waals surface area (Å²) < 4.78 is 31.8. The quantitative estimate of drug-likeness (QED) is 0.926. The first kappa shape index (κ1) is 15.0. The van der Waals surface area contributed by atoms with Crippen LogP contribution in [0.5, 0.6) is 5.75 Å². The fraction of sp³-hybridized carbons (Fsp3) is 0.0769. The first-order chi connectivity index (χ1) is 9.42. The van der Waals surface area contributed by atoms with Crippen molar-refractivity contribution in [2.75, 3.05) is 11.8 Å². The SMILES string of the molecule is COc1ccc(NS(=O)(=O)c2ccc(Cl)cc2)c(Cl)c1. The van der Waals surface area contributed by atoms with Crippen molar-refractivity contribution in [3.05, 3.63) is 52.5 Å². The number of benzene rings is 2. The average Bonchev–Trinajstić information content (AvgIpc) is 2.41. The lowest BCUT2D eigenvalue weighted by Crippen LogP contribution is -2.13. The second kappa shape index (κ2) is 5.91. The molecular formula is C13H11Cl2NO3S. The first-order valence-corrected chi connectivity index (χ1v) is 7.78. The van der Waals surface area contributed by atoms with E-state index in [4.69, 9.17) is 27.9 Å². The zero-order chi connectivity index (χ0) is 14.8. The molecule has 0 spiro atoms. The molecule has 0 saturated carbocycles. The Labute approximate surface area is 127 Å². The van der Waals surface area contributed by atoms with Gasteiger partial charge >= 0.3 is 0 Å². The molecule has 2 rings (SSSR count). The summed E-state index contributed by atoms with van der Waals surface area (Å²) in [5, 5.41) is 0.716. The van der Waals surface area contributed by atoms with Gasteiger partial charge in [0.2, 0.25) is 0 Å². The molecule has 0 atom stereocenters. The Morgan fingerprint density at radius 3 is 2.25 bits per heavy atom. The second-order valence-corrected chi connectivity index (χ2v) is 6.43. The van der Waals surface area contributed by atoms with Gasteiger partial charge in [-0.15, -0.1) is 0 Å². The molecule has 0 aliphatic rings. The zero-order valence-corrected chi connectivity index (χ0v) is 12.8. The van der Waals surface area contributed by atoms with E-state index in [0.717, 1.165) is 0 Å². The van der Waals surface area contributed by atoms with E-state index < -0.39 is 10.0 Å². The van der Waals surface area contributed by atoms with Crippen LogP contribution in [-0.4, -0.2) is 15.5 Å². The van der Waals surface area contributed by atoms with Crippen LogP contribution in [0.1, 0.15) is 0 Å². The fourth-order valence-corrected chi connectivity index (χ4v) is 3.00. The molecule has 0 bridgehead atoms. The zero-order valence-electron chi connectivity index (χ0n) is 10.4. The van der Waals surface area contributed by atoms with E-state index in [1.54, 1.807) is 6.07 Å². The van der Waals surface area contributed by atoms with Crippen LogP contribution in [0.2, 0.25) is 10.0 Å². The van der Waals surface area contributed by atoms with Crippen molar-refractivity contribution in [3.8, 4) is 5.75 Å². The van der Waals surface area contributed by atoms with E-state index in [2.05, 4.69) is 4.72 Å². The predicted octanol–water partition coefficient (Wildman–Crippen LogP) is 3.80. The Bertz CT molecular complexity index is 715. The lowest BCUT2D eigenvalue weighted by Gasteiger charge is -2.10. The molecule has 0 aromatic heterocycles. The summed E-state index contributed by atoms with van der Waals surface area (Å²) in [6.07, 6.45) is 0. The van der Waals surface area contributed by atoms with Gasteiger partial charge in [-0.25, -0.2) is 8.42 Å². The van der Waals surface area contributed by atoms with Crippen LogP contribution >= 0.6 is 23.2 Å². The Hall–Kier alpha value is -1.43. The van der Waals surface area contributed by atoms with Gasteiger partial charge in [-0.3, -0.25) is 4.72 Å². The number of ether oxygens (including phenoxy) is 1. The van der Waals surface area contributed by atoms with E-state index in [1.807, 2.05) is 0 Å². The summed E-state index contributed by atoms with van der Waals surface area (Å²) in [5.74, 6) is 0.546. The summed E-state index contributed by atoms with van der Waals surface area (Å²) >= 11 is 11.7. The normalized spacial score (nSPS) is 11.2. The molecule has 7 heteroatoms. The molecule has 0 amide bonds. The highest BCUT2D eigenvalue weighted by Gasteiger charge is 2.15. The molecule has 0 heterocycles. The van der Waals surface area contributed by atoms with Crippen LogP contribution in [-0.2, 0) is 10.0 Å². The molecular weight excluding hydrogens is 321 g/mol. The number of anilines is 1. The van der Waals surface area contributed by atoms with Crippen molar-refractivity contribution < 1.29 is 13.2 Å². The lowest BCUT2D eigenvalue weighted by atomic mass is 10.3. The van der Waals surface area contributed by atoms with E-state index in [0.29, 0.717) is 10.8 Å². The van der Waals surface area contributed by atoms with Crippen molar-refractivity contribution in [3.63, 3.8) is 0 Å². The molecule has 0 radical (unpaired) electrons. The molecule has 0 fully saturated rings. The standard InChI is InChI=1S/C13H11Cl2NO3S/c1-19-10-4-7-13(12(15)8-10)16-20(17,18)11-5-2-9(14)3-6-11/h2-8,16H,1H3. The van der Waals surface area contributed by atoms with Gasteiger partial charge in [0, 0.05) is 11.1 Å². The number of halogens is 2. The number of sulfonamides is 1. The molecule has 2 aromatic rings. The highest BCUT2D eigenvalue weighted by Crippen LogP contribution is 2.28. The number of hydrogen-bond acceptors (Lipinski definition) is 3. The number of methoxy groups -OCH3 is 1. The molecule has 0 unspecified atom stereocenters. The van der Waals surface area contributed by atoms with Gasteiger partial charge in [0.15, 0.2) is 0 Å². The van der Waals surface area contributed by atoms with Crippen molar-refractivity contribution in [1.29, 1.82) is 0 Å². The minimum absolute atomic E-state index is 0.105. The topological polar surface area (TPSA) is 55.4 Å². The van der Waals surface area contributed by atoms with E-state index in [-0.39, 0.29) is 15.6 Å². The molecule has 1 N–H and O–H groups in total. The van der Waals surface area contributed by atoms with Crippen molar-refractivity contribution in [2.45, 2.75) is 4.90 Å². The minimum atomic E-state index is -3.71. The highest BCUT2D eigenvalue weighted by atomic mass is 35.5. The van der Waals surface area contributed by atoms with Gasteiger partial charge in [0.05, 0.1) is 22.7 Å². The molecule has 0 aliphatic heterocycles. The van der Waals surface area contributed by atoms with Crippen LogP contribution in [0.4, 0.5) is 5.69 Å². The van der Waals surface area contributed by atoms with Gasteiger partial charge in [0.1, 0.15) is 5.75 Å². The van der Waals surface area contributed by atoms with E-state index in [1.165, 1.54) is 43.5 Å². The molecule has 0 saturated heterocycles. The number of rotatable bonds is 4. The summed E-state index contributed by atoms with van der Waals surface area (Å²) in [5.41, 5.74) is 0.280. The molecule has 2 aromatic carbocycles. The largest absolute Gasteiger partial charge is 0.497 e. The maximum atomic E-state index is 12.2. The van der Waals surface area contributed by atoms with Crippen molar-refractivity contribution in [1.82, 2.24) is 0 Å². The van der Waals surface area contributed by atoms with Gasteiger partial charge in [-0.05, 0) is 36.4 Å². The third-order valence-corrected chi connectivity index (χ3v) is 4.49. The monoisotopic (exact) mass is 331 g/mol.